The lowest BCUT2D eigenvalue weighted by Crippen LogP contribution is -2.35. The minimum absolute atomic E-state index is 0.165. The van der Waals surface area contributed by atoms with Crippen LogP contribution < -0.4 is 10.6 Å². The first-order valence-electron chi connectivity index (χ1n) is 10.4. The molecule has 170 valence electrons. The molecule has 0 aliphatic carbocycles. The number of nitrogens with zero attached hydrogens (tertiary/aromatic N) is 2. The lowest BCUT2D eigenvalue weighted by Gasteiger charge is -2.29. The van der Waals surface area contributed by atoms with Crippen molar-refractivity contribution < 1.29 is 14.0 Å². The van der Waals surface area contributed by atoms with Gasteiger partial charge < -0.3 is 15.5 Å². The molecule has 1 aliphatic heterocycles. The number of halogens is 2. The van der Waals surface area contributed by atoms with Gasteiger partial charge in [-0.3, -0.25) is 15.0 Å². The van der Waals surface area contributed by atoms with Crippen LogP contribution >= 0.6 is 22.9 Å². The summed E-state index contributed by atoms with van der Waals surface area (Å²) < 4.78 is 14.8. The summed E-state index contributed by atoms with van der Waals surface area (Å²) in [6, 6.07) is 8.87. The van der Waals surface area contributed by atoms with Crippen LogP contribution in [-0.2, 0) is 0 Å². The first-order valence-corrected chi connectivity index (χ1v) is 11.6. The van der Waals surface area contributed by atoms with Crippen LogP contribution in [0.2, 0.25) is 5.02 Å². The SMILES string of the molecule is N=C(c1ccc(C(=O)Nc2ccsc2C(=O)Nc2ccc(Cl)cn2)c(F)c1)N1CCCCC1. The van der Waals surface area contributed by atoms with Crippen molar-refractivity contribution >= 4 is 52.1 Å². The second kappa shape index (κ2) is 10.1. The predicted octanol–water partition coefficient (Wildman–Crippen LogP) is 5.25. The van der Waals surface area contributed by atoms with E-state index in [9.17, 15) is 14.0 Å². The van der Waals surface area contributed by atoms with Crippen LogP contribution in [0, 0.1) is 11.2 Å². The molecule has 1 aromatic carbocycles. The zero-order chi connectivity index (χ0) is 23.4. The van der Waals surface area contributed by atoms with Crippen molar-refractivity contribution in [1.29, 1.82) is 5.41 Å². The number of nitrogens with one attached hydrogen (secondary N) is 3. The number of aromatic nitrogens is 1. The molecule has 7 nitrogen and oxygen atoms in total. The molecule has 10 heteroatoms. The molecule has 1 fully saturated rings. The second-order valence-corrected chi connectivity index (χ2v) is 8.88. The topological polar surface area (TPSA) is 98.2 Å². The van der Waals surface area contributed by atoms with E-state index >= 15 is 0 Å². The third-order valence-electron chi connectivity index (χ3n) is 5.25. The van der Waals surface area contributed by atoms with Gasteiger partial charge in [0.05, 0.1) is 16.3 Å². The summed E-state index contributed by atoms with van der Waals surface area (Å²) in [6.45, 7) is 1.55. The summed E-state index contributed by atoms with van der Waals surface area (Å²) in [5, 5.41) is 15.7. The number of thiophene rings is 1. The second-order valence-electron chi connectivity index (χ2n) is 7.52. The number of amidine groups is 1. The van der Waals surface area contributed by atoms with Crippen molar-refractivity contribution in [3.63, 3.8) is 0 Å². The standard InChI is InChI=1S/C23H21ClFN5O2S/c24-15-5-7-19(27-13-15)29-23(32)20-18(8-11-33-20)28-22(31)16-6-4-14(12-17(16)25)21(26)30-9-2-1-3-10-30/h4-8,11-13,26H,1-3,9-10H2,(H,28,31)(H,27,29,32). The highest BCUT2D eigenvalue weighted by molar-refractivity contribution is 7.12. The Morgan fingerprint density at radius 1 is 1.06 bits per heavy atom. The van der Waals surface area contributed by atoms with Gasteiger partial charge in [-0.1, -0.05) is 17.7 Å². The lowest BCUT2D eigenvalue weighted by atomic mass is 10.1. The van der Waals surface area contributed by atoms with Gasteiger partial charge in [0, 0.05) is 24.8 Å². The number of amides is 2. The Morgan fingerprint density at radius 3 is 2.55 bits per heavy atom. The molecule has 0 bridgehead atoms. The average molecular weight is 486 g/mol. The van der Waals surface area contributed by atoms with Crippen LogP contribution in [-0.4, -0.2) is 40.6 Å². The molecule has 4 rings (SSSR count). The zero-order valence-corrected chi connectivity index (χ0v) is 19.1. The number of carbonyl (C=O) groups excluding carboxylic acids is 2. The van der Waals surface area contributed by atoms with Crippen molar-refractivity contribution in [2.24, 2.45) is 0 Å². The number of benzene rings is 1. The summed E-state index contributed by atoms with van der Waals surface area (Å²) in [4.78, 5) is 31.5. The maximum atomic E-state index is 14.8. The number of hydrogen-bond donors (Lipinski definition) is 3. The molecule has 0 saturated carbocycles. The van der Waals surface area contributed by atoms with Crippen LogP contribution in [0.5, 0.6) is 0 Å². The highest BCUT2D eigenvalue weighted by Crippen LogP contribution is 2.25. The van der Waals surface area contributed by atoms with Gasteiger partial charge in [0.25, 0.3) is 11.8 Å². The molecular weight excluding hydrogens is 465 g/mol. The Bertz CT molecular complexity index is 1190. The van der Waals surface area contributed by atoms with E-state index in [4.69, 9.17) is 17.0 Å². The maximum Gasteiger partial charge on any atom is 0.269 e. The van der Waals surface area contributed by atoms with E-state index < -0.39 is 17.6 Å². The third kappa shape index (κ3) is 5.37. The number of anilines is 2. The van der Waals surface area contributed by atoms with E-state index in [1.54, 1.807) is 29.6 Å². The largest absolute Gasteiger partial charge is 0.357 e. The van der Waals surface area contributed by atoms with Gasteiger partial charge in [0.2, 0.25) is 0 Å². The number of piperidine rings is 1. The van der Waals surface area contributed by atoms with E-state index in [2.05, 4.69) is 15.6 Å². The minimum atomic E-state index is -0.724. The summed E-state index contributed by atoms with van der Waals surface area (Å²) in [5.41, 5.74) is 0.528. The fourth-order valence-electron chi connectivity index (χ4n) is 3.54. The van der Waals surface area contributed by atoms with Gasteiger partial charge in [0.1, 0.15) is 22.3 Å². The minimum Gasteiger partial charge on any atom is -0.357 e. The Morgan fingerprint density at radius 2 is 1.85 bits per heavy atom. The molecule has 1 aliphatic rings. The van der Waals surface area contributed by atoms with Gasteiger partial charge in [0.15, 0.2) is 0 Å². The van der Waals surface area contributed by atoms with Crippen LogP contribution in [0.3, 0.4) is 0 Å². The Kier molecular flexibility index (Phi) is 7.00. The number of hydrogen-bond acceptors (Lipinski definition) is 5. The van der Waals surface area contributed by atoms with Crippen LogP contribution in [0.1, 0.15) is 44.9 Å². The number of likely N-dealkylation sites (tertiary alicyclic amines) is 1. The van der Waals surface area contributed by atoms with Crippen molar-refractivity contribution in [2.75, 3.05) is 23.7 Å². The number of rotatable bonds is 5. The third-order valence-corrected chi connectivity index (χ3v) is 6.38. The average Bonchev–Trinajstić information content (AvgIpc) is 3.28. The maximum absolute atomic E-state index is 14.8. The van der Waals surface area contributed by atoms with E-state index in [1.165, 1.54) is 18.3 Å². The number of pyridine rings is 1. The molecule has 33 heavy (non-hydrogen) atoms. The Labute approximate surface area is 199 Å². The first-order chi connectivity index (χ1) is 15.9. The molecule has 0 unspecified atom stereocenters. The molecular formula is C23H21ClFN5O2S. The van der Waals surface area contributed by atoms with Crippen molar-refractivity contribution in [3.8, 4) is 0 Å². The summed E-state index contributed by atoms with van der Waals surface area (Å²) in [6.07, 6.45) is 4.56. The van der Waals surface area contributed by atoms with Crippen molar-refractivity contribution in [2.45, 2.75) is 19.3 Å². The van der Waals surface area contributed by atoms with E-state index in [0.29, 0.717) is 16.4 Å². The van der Waals surface area contributed by atoms with E-state index in [1.807, 2.05) is 4.90 Å². The highest BCUT2D eigenvalue weighted by atomic mass is 35.5. The van der Waals surface area contributed by atoms with Crippen LogP contribution in [0.15, 0.2) is 48.0 Å². The molecule has 3 aromatic rings. The van der Waals surface area contributed by atoms with E-state index in [-0.39, 0.29) is 22.0 Å². The van der Waals surface area contributed by atoms with Gasteiger partial charge in [-0.15, -0.1) is 11.3 Å². The molecule has 0 spiro atoms. The fraction of sp³-hybridized carbons (Fsp3) is 0.217. The zero-order valence-electron chi connectivity index (χ0n) is 17.5. The molecule has 1 saturated heterocycles. The van der Waals surface area contributed by atoms with Crippen molar-refractivity contribution in [3.05, 3.63) is 74.8 Å². The summed E-state index contributed by atoms with van der Waals surface area (Å²) in [5.74, 6) is -1.29. The number of carbonyl (C=O) groups is 2. The first kappa shape index (κ1) is 22.9. The predicted molar refractivity (Wildman–Crippen MR) is 128 cm³/mol. The lowest BCUT2D eigenvalue weighted by molar-refractivity contribution is 0.102. The molecule has 2 amide bonds. The normalized spacial score (nSPS) is 13.5. The molecule has 2 aromatic heterocycles. The van der Waals surface area contributed by atoms with Crippen LogP contribution in [0.25, 0.3) is 0 Å². The van der Waals surface area contributed by atoms with Gasteiger partial charge in [-0.25, -0.2) is 9.37 Å². The summed E-state index contributed by atoms with van der Waals surface area (Å²) in [7, 11) is 0. The smallest absolute Gasteiger partial charge is 0.269 e. The molecule has 3 heterocycles. The Balaban J connectivity index is 1.45. The quantitative estimate of drug-likeness (QED) is 0.339. The van der Waals surface area contributed by atoms with Gasteiger partial charge >= 0.3 is 0 Å². The van der Waals surface area contributed by atoms with Crippen molar-refractivity contribution in [1.82, 2.24) is 9.88 Å². The Hall–Kier alpha value is -3.30. The fourth-order valence-corrected chi connectivity index (χ4v) is 4.40. The monoisotopic (exact) mass is 485 g/mol. The van der Waals surface area contributed by atoms with Gasteiger partial charge in [-0.2, -0.15) is 0 Å². The van der Waals surface area contributed by atoms with E-state index in [0.717, 1.165) is 43.7 Å². The summed E-state index contributed by atoms with van der Waals surface area (Å²) >= 11 is 6.94. The highest BCUT2D eigenvalue weighted by Gasteiger charge is 2.21. The van der Waals surface area contributed by atoms with Crippen LogP contribution in [0.4, 0.5) is 15.9 Å². The molecule has 3 N–H and O–H groups in total. The molecule has 0 radical (unpaired) electrons. The van der Waals surface area contributed by atoms with Gasteiger partial charge in [-0.05, 0) is 55.0 Å². The molecule has 0 atom stereocenters.